The van der Waals surface area contributed by atoms with Crippen LogP contribution in [0.15, 0.2) is 60.4 Å². The number of carbonyl (C=O) groups is 2. The van der Waals surface area contributed by atoms with Gasteiger partial charge in [0.25, 0.3) is 0 Å². The topological polar surface area (TPSA) is 55.8 Å². The number of hydrogen-bond donors (Lipinski definition) is 0. The van der Waals surface area contributed by atoms with Crippen molar-refractivity contribution in [2.75, 3.05) is 32.8 Å². The van der Waals surface area contributed by atoms with Crippen molar-refractivity contribution in [3.63, 3.8) is 0 Å². The van der Waals surface area contributed by atoms with Gasteiger partial charge in [0.2, 0.25) is 0 Å². The summed E-state index contributed by atoms with van der Waals surface area (Å²) in [4.78, 5) is 26.9. The van der Waals surface area contributed by atoms with Gasteiger partial charge in [-0.25, -0.2) is 0 Å². The molecule has 1 heterocycles. The molecule has 4 rings (SSSR count). The van der Waals surface area contributed by atoms with Crippen molar-refractivity contribution in [1.82, 2.24) is 4.90 Å². The van der Waals surface area contributed by atoms with E-state index in [-0.39, 0.29) is 24.6 Å². The molecular weight excluding hydrogens is 402 g/mol. The molecule has 32 heavy (non-hydrogen) atoms. The predicted molar refractivity (Wildman–Crippen MR) is 126 cm³/mol. The third kappa shape index (κ3) is 6.02. The minimum absolute atomic E-state index is 0.0970. The van der Waals surface area contributed by atoms with Gasteiger partial charge in [-0.05, 0) is 46.3 Å². The first kappa shape index (κ1) is 22.2. The Morgan fingerprint density at radius 1 is 0.938 bits per heavy atom. The summed E-state index contributed by atoms with van der Waals surface area (Å²) in [7, 11) is 0. The van der Waals surface area contributed by atoms with E-state index >= 15 is 0 Å². The summed E-state index contributed by atoms with van der Waals surface area (Å²) >= 11 is 0. The highest BCUT2D eigenvalue weighted by molar-refractivity contribution is 5.86. The Hall–Kier alpha value is -3.02. The zero-order chi connectivity index (χ0) is 22.2. The van der Waals surface area contributed by atoms with Crippen LogP contribution >= 0.6 is 0 Å². The summed E-state index contributed by atoms with van der Waals surface area (Å²) in [5.74, 6) is 0.210. The molecule has 5 nitrogen and oxygen atoms in total. The number of morpholine rings is 1. The molecule has 0 bridgehead atoms. The summed E-state index contributed by atoms with van der Waals surface area (Å²) in [6.45, 7) is 4.28. The van der Waals surface area contributed by atoms with Crippen molar-refractivity contribution in [3.05, 3.63) is 70.8 Å². The maximum Gasteiger partial charge on any atom is 0.311 e. The molecule has 2 aromatic carbocycles. The Kier molecular flexibility index (Phi) is 7.64. The highest BCUT2D eigenvalue weighted by atomic mass is 16.5. The molecule has 0 N–H and O–H groups in total. The smallest absolute Gasteiger partial charge is 0.311 e. The second-order valence-corrected chi connectivity index (χ2v) is 8.12. The van der Waals surface area contributed by atoms with E-state index in [4.69, 9.17) is 9.47 Å². The Labute approximate surface area is 188 Å². The van der Waals surface area contributed by atoms with Gasteiger partial charge in [-0.2, -0.15) is 0 Å². The van der Waals surface area contributed by atoms with Crippen LogP contribution < -0.4 is 10.4 Å². The molecule has 0 saturated carbocycles. The first-order valence-electron chi connectivity index (χ1n) is 11.3. The minimum Gasteiger partial charge on any atom is -0.426 e. The van der Waals surface area contributed by atoms with E-state index in [2.05, 4.69) is 29.2 Å². The fourth-order valence-corrected chi connectivity index (χ4v) is 4.06. The largest absolute Gasteiger partial charge is 0.426 e. The summed E-state index contributed by atoms with van der Waals surface area (Å²) in [5, 5.41) is 4.32. The van der Waals surface area contributed by atoms with E-state index < -0.39 is 0 Å². The molecule has 2 aliphatic rings. The van der Waals surface area contributed by atoms with Crippen molar-refractivity contribution in [2.45, 2.75) is 25.7 Å². The maximum atomic E-state index is 12.4. The van der Waals surface area contributed by atoms with Gasteiger partial charge in [-0.15, -0.1) is 0 Å². The number of esters is 1. The summed E-state index contributed by atoms with van der Waals surface area (Å²) < 4.78 is 10.9. The van der Waals surface area contributed by atoms with Gasteiger partial charge in [0.1, 0.15) is 11.5 Å². The van der Waals surface area contributed by atoms with Crippen LogP contribution in [0, 0.1) is 0 Å². The van der Waals surface area contributed by atoms with Crippen molar-refractivity contribution < 1.29 is 19.1 Å². The standard InChI is InChI=1S/C27H29NO4/c29-23(8-5-15-28-16-18-31-19-17-28)13-14-27(30)32-24-9-3-1-7-22-12-11-21-6-2-4-10-25(21)26(22)20-24/h1-4,6-7,9-12,20H,5,8,13-19H2/b3-1-,7-1?,9-3?,22-7-,24-9+,24-20?,26-20+. The number of allylic oxidation sites excluding steroid dienone is 4. The van der Waals surface area contributed by atoms with Gasteiger partial charge in [0.15, 0.2) is 0 Å². The average molecular weight is 432 g/mol. The lowest BCUT2D eigenvalue weighted by Gasteiger charge is -2.26. The first-order valence-corrected chi connectivity index (χ1v) is 11.3. The van der Waals surface area contributed by atoms with Crippen molar-refractivity contribution in [2.24, 2.45) is 0 Å². The lowest BCUT2D eigenvalue weighted by Crippen LogP contribution is -2.36. The summed E-state index contributed by atoms with van der Waals surface area (Å²) in [6, 6.07) is 12.3. The predicted octanol–water partition coefficient (Wildman–Crippen LogP) is 2.86. The molecule has 5 heteroatoms. The first-order chi connectivity index (χ1) is 15.7. The van der Waals surface area contributed by atoms with Crippen LogP contribution in [0.4, 0.5) is 0 Å². The molecule has 0 radical (unpaired) electrons. The number of ketones is 1. The molecule has 0 atom stereocenters. The maximum absolute atomic E-state index is 12.4. The molecule has 2 aromatic rings. The van der Waals surface area contributed by atoms with Gasteiger partial charge in [0, 0.05) is 25.9 Å². The number of carbonyl (C=O) groups excluding carboxylic acids is 2. The molecule has 1 saturated heterocycles. The molecule has 166 valence electrons. The van der Waals surface area contributed by atoms with E-state index in [1.54, 1.807) is 6.08 Å². The molecule has 1 aliphatic heterocycles. The van der Waals surface area contributed by atoms with Gasteiger partial charge in [-0.3, -0.25) is 14.5 Å². The van der Waals surface area contributed by atoms with E-state index in [0.29, 0.717) is 12.2 Å². The highest BCUT2D eigenvalue weighted by Crippen LogP contribution is 2.11. The average Bonchev–Trinajstić information content (AvgIpc) is 2.80. The fourth-order valence-electron chi connectivity index (χ4n) is 4.06. The van der Waals surface area contributed by atoms with Gasteiger partial charge >= 0.3 is 5.97 Å². The van der Waals surface area contributed by atoms with Crippen LogP contribution in [0.3, 0.4) is 0 Å². The van der Waals surface area contributed by atoms with Crippen LogP contribution in [0.1, 0.15) is 25.7 Å². The summed E-state index contributed by atoms with van der Waals surface area (Å²) in [6.07, 6.45) is 11.2. The van der Waals surface area contributed by atoms with Gasteiger partial charge in [0.05, 0.1) is 19.6 Å². The Bertz CT molecular complexity index is 1160. The SMILES string of the molecule is O=C(CCCN1CCOCC1)CCC(=O)OC1=C/C=C\C=c2\ccc3ccccc3\c2=C\1. The highest BCUT2D eigenvalue weighted by Gasteiger charge is 2.13. The Balaban J connectivity index is 1.33. The zero-order valence-corrected chi connectivity index (χ0v) is 18.3. The van der Waals surface area contributed by atoms with E-state index in [0.717, 1.165) is 60.5 Å². The van der Waals surface area contributed by atoms with Crippen molar-refractivity contribution in [1.29, 1.82) is 0 Å². The number of hydrogen-bond acceptors (Lipinski definition) is 5. The second kappa shape index (κ2) is 11.0. The van der Waals surface area contributed by atoms with Crippen LogP contribution in [0.5, 0.6) is 0 Å². The van der Waals surface area contributed by atoms with Gasteiger partial charge in [-0.1, -0.05) is 54.6 Å². The van der Waals surface area contributed by atoms with Crippen molar-refractivity contribution >= 4 is 34.7 Å². The minimum atomic E-state index is -0.381. The molecule has 0 aromatic heterocycles. The number of rotatable bonds is 8. The third-order valence-electron chi connectivity index (χ3n) is 5.81. The van der Waals surface area contributed by atoms with Crippen LogP contribution in [-0.2, 0) is 19.1 Å². The Morgan fingerprint density at radius 2 is 1.75 bits per heavy atom. The molecule has 0 spiro atoms. The van der Waals surface area contributed by atoms with E-state index in [1.165, 1.54) is 0 Å². The van der Waals surface area contributed by atoms with Gasteiger partial charge < -0.3 is 9.47 Å². The number of nitrogens with zero attached hydrogens (tertiary/aromatic N) is 1. The van der Waals surface area contributed by atoms with E-state index in [1.807, 2.05) is 36.4 Å². The third-order valence-corrected chi connectivity index (χ3v) is 5.81. The molecule has 1 fully saturated rings. The number of ether oxygens (including phenoxy) is 2. The normalized spacial score (nSPS) is 20.9. The lowest BCUT2D eigenvalue weighted by molar-refractivity contribution is -0.140. The monoisotopic (exact) mass is 431 g/mol. The quantitative estimate of drug-likeness (QED) is 0.602. The zero-order valence-electron chi connectivity index (χ0n) is 18.3. The van der Waals surface area contributed by atoms with Crippen LogP contribution in [0.2, 0.25) is 0 Å². The second-order valence-electron chi connectivity index (χ2n) is 8.12. The molecule has 1 aliphatic carbocycles. The van der Waals surface area contributed by atoms with Crippen molar-refractivity contribution in [3.8, 4) is 0 Å². The van der Waals surface area contributed by atoms with E-state index in [9.17, 15) is 9.59 Å². The number of benzene rings is 2. The fraction of sp³-hybridized carbons (Fsp3) is 0.333. The number of Topliss-reactive ketones (excluding diaryl/α,β-unsaturated/α-hetero) is 1. The lowest BCUT2D eigenvalue weighted by atomic mass is 10.0. The molecule has 0 amide bonds. The Morgan fingerprint density at radius 3 is 2.62 bits per heavy atom. The number of fused-ring (bicyclic) bond motifs is 3. The molecular formula is C27H29NO4. The van der Waals surface area contributed by atoms with Crippen LogP contribution in [-0.4, -0.2) is 49.5 Å². The molecule has 0 unspecified atom stereocenters. The summed E-state index contributed by atoms with van der Waals surface area (Å²) in [5.41, 5.74) is 0. The van der Waals surface area contributed by atoms with Crippen LogP contribution in [0.25, 0.3) is 22.9 Å².